The third-order valence-electron chi connectivity index (χ3n) is 6.07. The van der Waals surface area contributed by atoms with Gasteiger partial charge in [-0.15, -0.1) is 0 Å². The van der Waals surface area contributed by atoms with E-state index in [2.05, 4.69) is 37.3 Å². The summed E-state index contributed by atoms with van der Waals surface area (Å²) in [5.41, 5.74) is 14.8. The van der Waals surface area contributed by atoms with Gasteiger partial charge in [0.25, 0.3) is 0 Å². The second-order valence-corrected chi connectivity index (χ2v) is 8.05. The van der Waals surface area contributed by atoms with Gasteiger partial charge >= 0.3 is 0 Å². The lowest BCUT2D eigenvalue weighted by Gasteiger charge is -2.25. The molecule has 4 N–H and O–H groups in total. The van der Waals surface area contributed by atoms with Crippen molar-refractivity contribution in [2.24, 2.45) is 17.8 Å². The molecule has 2 aliphatic carbocycles. The van der Waals surface area contributed by atoms with Gasteiger partial charge in [0.1, 0.15) is 5.75 Å². The molecule has 1 aromatic rings. The van der Waals surface area contributed by atoms with E-state index in [-0.39, 0.29) is 0 Å². The molecule has 0 spiro atoms. The molecule has 0 saturated heterocycles. The molecule has 2 atom stereocenters. The molecule has 0 radical (unpaired) electrons. The van der Waals surface area contributed by atoms with Crippen LogP contribution >= 0.6 is 0 Å². The molecule has 0 aliphatic heterocycles. The van der Waals surface area contributed by atoms with Gasteiger partial charge in [-0.1, -0.05) is 50.1 Å². The molecule has 0 aromatic heterocycles. The van der Waals surface area contributed by atoms with Crippen LogP contribution in [0.1, 0.15) is 63.9 Å². The van der Waals surface area contributed by atoms with Crippen LogP contribution in [0.5, 0.6) is 5.75 Å². The summed E-state index contributed by atoms with van der Waals surface area (Å²) in [4.78, 5) is 0. The van der Waals surface area contributed by atoms with Gasteiger partial charge in [0.15, 0.2) is 0 Å². The topological polar surface area (TPSA) is 61.3 Å². The van der Waals surface area contributed by atoms with Crippen LogP contribution in [0.2, 0.25) is 0 Å². The van der Waals surface area contributed by atoms with Crippen molar-refractivity contribution in [2.45, 2.75) is 58.3 Å². The molecule has 26 heavy (non-hydrogen) atoms. The number of benzene rings is 1. The molecule has 0 bridgehead atoms. The fraction of sp³-hybridized carbons (Fsp3) is 0.565. The van der Waals surface area contributed by atoms with Gasteiger partial charge in [0.2, 0.25) is 0 Å². The summed E-state index contributed by atoms with van der Waals surface area (Å²) in [5.74, 6) is 3.32. The van der Waals surface area contributed by atoms with Gasteiger partial charge < -0.3 is 16.2 Å². The van der Waals surface area contributed by atoms with Crippen molar-refractivity contribution in [3.63, 3.8) is 0 Å². The van der Waals surface area contributed by atoms with Crippen LogP contribution in [0.15, 0.2) is 36.4 Å². The Morgan fingerprint density at radius 2 is 1.73 bits per heavy atom. The van der Waals surface area contributed by atoms with Crippen molar-refractivity contribution in [2.75, 3.05) is 18.1 Å². The van der Waals surface area contributed by atoms with Crippen molar-refractivity contribution in [1.82, 2.24) is 0 Å². The zero-order valence-electron chi connectivity index (χ0n) is 16.3. The lowest BCUT2D eigenvalue weighted by Crippen LogP contribution is -2.12. The van der Waals surface area contributed by atoms with Crippen LogP contribution in [0, 0.1) is 17.8 Å². The van der Waals surface area contributed by atoms with Gasteiger partial charge in [0.05, 0.1) is 18.0 Å². The average Bonchev–Trinajstić information content (AvgIpc) is 2.66. The number of ether oxygens (including phenoxy) is 1. The van der Waals surface area contributed by atoms with Crippen molar-refractivity contribution in [3.8, 4) is 5.75 Å². The zero-order chi connectivity index (χ0) is 18.5. The summed E-state index contributed by atoms with van der Waals surface area (Å²) in [7, 11) is 0. The van der Waals surface area contributed by atoms with Crippen molar-refractivity contribution >= 4 is 11.4 Å². The fourth-order valence-corrected chi connectivity index (χ4v) is 4.28. The maximum absolute atomic E-state index is 6.29. The van der Waals surface area contributed by atoms with E-state index in [0.717, 1.165) is 23.8 Å². The summed E-state index contributed by atoms with van der Waals surface area (Å²) >= 11 is 0. The number of hydrogen-bond donors (Lipinski definition) is 2. The third kappa shape index (κ3) is 4.44. The lowest BCUT2D eigenvalue weighted by atomic mass is 9.80. The van der Waals surface area contributed by atoms with Gasteiger partial charge in [-0.05, 0) is 62.0 Å². The van der Waals surface area contributed by atoms with Crippen LogP contribution in [0.25, 0.3) is 0 Å². The van der Waals surface area contributed by atoms with E-state index in [1.54, 1.807) is 0 Å². The van der Waals surface area contributed by atoms with E-state index < -0.39 is 0 Å². The smallest absolute Gasteiger partial charge is 0.144 e. The number of nitrogen functional groups attached to an aromatic ring is 2. The Morgan fingerprint density at radius 1 is 0.962 bits per heavy atom. The third-order valence-corrected chi connectivity index (χ3v) is 6.07. The highest BCUT2D eigenvalue weighted by molar-refractivity contribution is 5.75. The van der Waals surface area contributed by atoms with Gasteiger partial charge in [-0.25, -0.2) is 0 Å². The minimum atomic E-state index is 0.355. The zero-order valence-corrected chi connectivity index (χ0v) is 16.3. The number of rotatable bonds is 5. The SMILES string of the molecule is CCOc1ccc(C2C=CC(/C=C/C3CCC(C)CC3)CC2)c(N)c1N. The Morgan fingerprint density at radius 3 is 2.38 bits per heavy atom. The standard InChI is InChI=1S/C23H34N2O/c1-3-26-21-15-14-20(22(24)23(21)25)19-12-10-18(11-13-19)9-8-17-6-4-16(2)5-7-17/h8-10,12,14-19H,3-7,11,13,24-25H2,1-2H3/b9-8+. The van der Waals surface area contributed by atoms with E-state index in [4.69, 9.17) is 16.2 Å². The van der Waals surface area contributed by atoms with E-state index in [0.29, 0.717) is 35.6 Å². The van der Waals surface area contributed by atoms with Crippen LogP contribution in [0.3, 0.4) is 0 Å². The van der Waals surface area contributed by atoms with Crippen molar-refractivity contribution in [3.05, 3.63) is 42.0 Å². The van der Waals surface area contributed by atoms with Gasteiger partial charge in [-0.3, -0.25) is 0 Å². The number of allylic oxidation sites excluding steroid dienone is 4. The Kier molecular flexibility index (Phi) is 6.29. The molecule has 3 heteroatoms. The first-order valence-corrected chi connectivity index (χ1v) is 10.3. The van der Waals surface area contributed by atoms with E-state index in [1.165, 1.54) is 32.1 Å². The molecule has 1 saturated carbocycles. The lowest BCUT2D eigenvalue weighted by molar-refractivity contribution is 0.329. The first-order valence-electron chi connectivity index (χ1n) is 10.3. The van der Waals surface area contributed by atoms with Crippen LogP contribution in [-0.2, 0) is 0 Å². The average molecular weight is 355 g/mol. The second-order valence-electron chi connectivity index (χ2n) is 8.05. The van der Waals surface area contributed by atoms with Crippen LogP contribution < -0.4 is 16.2 Å². The Balaban J connectivity index is 1.61. The summed E-state index contributed by atoms with van der Waals surface area (Å²) in [5, 5.41) is 0. The first kappa shape index (κ1) is 18.9. The number of nitrogens with two attached hydrogens (primary N) is 2. The summed E-state index contributed by atoms with van der Waals surface area (Å²) in [6.45, 7) is 4.93. The predicted octanol–water partition coefficient (Wildman–Crippen LogP) is 5.68. The summed E-state index contributed by atoms with van der Waals surface area (Å²) in [6.07, 6.45) is 17.4. The Labute approximate surface area is 158 Å². The molecule has 0 heterocycles. The monoisotopic (exact) mass is 354 g/mol. The van der Waals surface area contributed by atoms with Crippen molar-refractivity contribution in [1.29, 1.82) is 0 Å². The van der Waals surface area contributed by atoms with E-state index in [1.807, 2.05) is 13.0 Å². The molecule has 1 fully saturated rings. The molecular weight excluding hydrogens is 320 g/mol. The first-order chi connectivity index (χ1) is 12.6. The molecule has 2 aliphatic rings. The molecule has 1 aromatic carbocycles. The largest absolute Gasteiger partial charge is 0.492 e. The maximum Gasteiger partial charge on any atom is 0.144 e. The number of anilines is 2. The Bertz CT molecular complexity index is 656. The Hall–Kier alpha value is -1.90. The normalized spacial score (nSPS) is 29.2. The molecule has 3 rings (SSSR count). The minimum Gasteiger partial charge on any atom is -0.492 e. The van der Waals surface area contributed by atoms with E-state index in [9.17, 15) is 0 Å². The second kappa shape index (κ2) is 8.66. The molecule has 3 nitrogen and oxygen atoms in total. The highest BCUT2D eigenvalue weighted by atomic mass is 16.5. The molecule has 142 valence electrons. The minimum absolute atomic E-state index is 0.355. The van der Waals surface area contributed by atoms with Crippen LogP contribution in [0.4, 0.5) is 11.4 Å². The maximum atomic E-state index is 6.29. The van der Waals surface area contributed by atoms with E-state index >= 15 is 0 Å². The quantitative estimate of drug-likeness (QED) is 0.528. The highest BCUT2D eigenvalue weighted by Crippen LogP contribution is 2.39. The summed E-state index contributed by atoms with van der Waals surface area (Å²) in [6, 6.07) is 4.03. The van der Waals surface area contributed by atoms with Gasteiger partial charge in [0, 0.05) is 5.92 Å². The molecule has 0 amide bonds. The van der Waals surface area contributed by atoms with Crippen molar-refractivity contribution < 1.29 is 4.74 Å². The summed E-state index contributed by atoms with van der Waals surface area (Å²) < 4.78 is 5.54. The molecular formula is C23H34N2O. The predicted molar refractivity (Wildman–Crippen MR) is 111 cm³/mol. The fourth-order valence-electron chi connectivity index (χ4n) is 4.28. The van der Waals surface area contributed by atoms with Gasteiger partial charge in [-0.2, -0.15) is 0 Å². The highest BCUT2D eigenvalue weighted by Gasteiger charge is 2.21. The van der Waals surface area contributed by atoms with Crippen LogP contribution in [-0.4, -0.2) is 6.61 Å². The number of hydrogen-bond acceptors (Lipinski definition) is 3. The molecule has 2 unspecified atom stereocenters.